The maximum absolute atomic E-state index is 13.8. The normalized spacial score (nSPS) is 13.6. The SMILES string of the molecule is N=C(N)NCCC[C@H](N)C(=O)N[C@@H](Cc1ccccc1)C(=O)N[C@@H](Cc1c[nH]c2ccccc12)C(=O)N[C@@H](CCCCN)C(=O)O. The minimum Gasteiger partial charge on any atom is -0.480 e. The molecule has 3 amide bonds. The second-order valence-corrected chi connectivity index (χ2v) is 11.1. The number of benzene rings is 2. The van der Waals surface area contributed by atoms with Gasteiger partial charge >= 0.3 is 5.97 Å². The van der Waals surface area contributed by atoms with Gasteiger partial charge in [0.05, 0.1) is 6.04 Å². The zero-order valence-electron chi connectivity index (χ0n) is 25.8. The van der Waals surface area contributed by atoms with Crippen LogP contribution < -0.4 is 38.5 Å². The van der Waals surface area contributed by atoms with Crippen molar-refractivity contribution < 1.29 is 24.3 Å². The third kappa shape index (κ3) is 11.2. The number of nitrogens with one attached hydrogen (secondary N) is 6. The molecule has 14 heteroatoms. The summed E-state index contributed by atoms with van der Waals surface area (Å²) in [6.45, 7) is 0.755. The van der Waals surface area contributed by atoms with Gasteiger partial charge in [0, 0.05) is 36.5 Å². The molecule has 3 aromatic rings. The van der Waals surface area contributed by atoms with Gasteiger partial charge in [-0.3, -0.25) is 19.8 Å². The lowest BCUT2D eigenvalue weighted by atomic mass is 10.0. The molecule has 0 aliphatic carbocycles. The van der Waals surface area contributed by atoms with Crippen molar-refractivity contribution in [1.82, 2.24) is 26.3 Å². The molecular weight excluding hydrogens is 590 g/mol. The molecule has 2 aromatic carbocycles. The lowest BCUT2D eigenvalue weighted by Crippen LogP contribution is -2.58. The molecule has 0 aliphatic rings. The van der Waals surface area contributed by atoms with E-state index >= 15 is 0 Å². The highest BCUT2D eigenvalue weighted by Crippen LogP contribution is 2.19. The Labute approximate surface area is 267 Å². The van der Waals surface area contributed by atoms with Crippen LogP contribution in [0.4, 0.5) is 0 Å². The van der Waals surface area contributed by atoms with Crippen molar-refractivity contribution in [3.8, 4) is 0 Å². The molecule has 3 rings (SSSR count). The summed E-state index contributed by atoms with van der Waals surface area (Å²) >= 11 is 0. The van der Waals surface area contributed by atoms with Crippen molar-refractivity contribution in [2.24, 2.45) is 17.2 Å². The first kappa shape index (κ1) is 35.5. The van der Waals surface area contributed by atoms with Gasteiger partial charge < -0.3 is 48.6 Å². The number of fused-ring (bicyclic) bond motifs is 1. The summed E-state index contributed by atoms with van der Waals surface area (Å²) in [5.41, 5.74) is 19.3. The van der Waals surface area contributed by atoms with E-state index in [1.54, 1.807) is 6.20 Å². The highest BCUT2D eigenvalue weighted by molar-refractivity contribution is 5.95. The van der Waals surface area contributed by atoms with Gasteiger partial charge in [-0.05, 0) is 55.8 Å². The minimum absolute atomic E-state index is 0.0609. The molecule has 0 fully saturated rings. The molecule has 1 aromatic heterocycles. The van der Waals surface area contributed by atoms with E-state index in [1.165, 1.54) is 0 Å². The number of hydrogen-bond donors (Lipinski definition) is 10. The van der Waals surface area contributed by atoms with E-state index in [2.05, 4.69) is 26.3 Å². The molecule has 46 heavy (non-hydrogen) atoms. The molecular formula is C32H45N9O5. The average Bonchev–Trinajstić information content (AvgIpc) is 3.44. The zero-order valence-corrected chi connectivity index (χ0v) is 25.8. The lowest BCUT2D eigenvalue weighted by molar-refractivity contribution is -0.142. The Bertz CT molecular complexity index is 1460. The number of unbranched alkanes of at least 4 members (excludes halogenated alkanes) is 1. The Balaban J connectivity index is 1.83. The van der Waals surface area contributed by atoms with Gasteiger partial charge in [-0.2, -0.15) is 0 Å². The summed E-state index contributed by atoms with van der Waals surface area (Å²) in [7, 11) is 0. The van der Waals surface area contributed by atoms with Crippen LogP contribution in [0, 0.1) is 5.41 Å². The van der Waals surface area contributed by atoms with E-state index < -0.39 is 47.9 Å². The Kier molecular flexibility index (Phi) is 14.0. The van der Waals surface area contributed by atoms with Crippen LogP contribution in [-0.4, -0.2) is 77.0 Å². The predicted molar refractivity (Wildman–Crippen MR) is 176 cm³/mol. The molecule has 0 unspecified atom stereocenters. The summed E-state index contributed by atoms with van der Waals surface area (Å²) in [5, 5.41) is 28.6. The van der Waals surface area contributed by atoms with Crippen molar-refractivity contribution in [2.75, 3.05) is 13.1 Å². The van der Waals surface area contributed by atoms with Gasteiger partial charge in [-0.1, -0.05) is 48.5 Å². The summed E-state index contributed by atoms with van der Waals surface area (Å²) in [6.07, 6.45) is 3.95. The Morgan fingerprint density at radius 3 is 2.11 bits per heavy atom. The number of rotatable bonds is 19. The third-order valence-corrected chi connectivity index (χ3v) is 7.55. The fourth-order valence-corrected chi connectivity index (χ4v) is 5.04. The van der Waals surface area contributed by atoms with Crippen LogP contribution in [0.1, 0.15) is 43.2 Å². The Morgan fingerprint density at radius 1 is 0.804 bits per heavy atom. The van der Waals surface area contributed by atoms with Gasteiger partial charge in [0.1, 0.15) is 18.1 Å². The molecule has 0 radical (unpaired) electrons. The topological polar surface area (TPSA) is 254 Å². The number of carbonyl (C=O) groups excluding carboxylic acids is 3. The van der Waals surface area contributed by atoms with Crippen LogP contribution in [-0.2, 0) is 32.0 Å². The largest absolute Gasteiger partial charge is 0.480 e. The first-order chi connectivity index (χ1) is 22.1. The number of hydrogen-bond acceptors (Lipinski definition) is 7. The van der Waals surface area contributed by atoms with Crippen LogP contribution in [0.5, 0.6) is 0 Å². The van der Waals surface area contributed by atoms with Crippen LogP contribution in [0.25, 0.3) is 10.9 Å². The van der Waals surface area contributed by atoms with Crippen LogP contribution in [0.2, 0.25) is 0 Å². The van der Waals surface area contributed by atoms with Gasteiger partial charge in [0.15, 0.2) is 5.96 Å². The summed E-state index contributed by atoms with van der Waals surface area (Å²) < 4.78 is 0. The number of H-pyrrole nitrogens is 1. The van der Waals surface area contributed by atoms with Crippen LogP contribution in [0.3, 0.4) is 0 Å². The fraction of sp³-hybridized carbons (Fsp3) is 0.406. The van der Waals surface area contributed by atoms with Gasteiger partial charge in [0.25, 0.3) is 0 Å². The van der Waals surface area contributed by atoms with E-state index in [4.69, 9.17) is 22.6 Å². The molecule has 0 spiro atoms. The first-order valence-electron chi connectivity index (χ1n) is 15.4. The average molecular weight is 636 g/mol. The number of carbonyl (C=O) groups is 4. The van der Waals surface area contributed by atoms with Crippen molar-refractivity contribution in [3.05, 3.63) is 71.9 Å². The van der Waals surface area contributed by atoms with Crippen LogP contribution in [0.15, 0.2) is 60.8 Å². The molecule has 4 atom stereocenters. The number of aromatic amines is 1. The number of amides is 3. The number of nitrogens with two attached hydrogens (primary N) is 3. The summed E-state index contributed by atoms with van der Waals surface area (Å²) in [4.78, 5) is 55.7. The zero-order chi connectivity index (χ0) is 33.5. The Hall–Kier alpha value is -4.95. The molecule has 0 saturated carbocycles. The van der Waals surface area contributed by atoms with Gasteiger partial charge in [0.2, 0.25) is 17.7 Å². The molecule has 0 saturated heterocycles. The Morgan fingerprint density at radius 2 is 1.43 bits per heavy atom. The van der Waals surface area contributed by atoms with Crippen molar-refractivity contribution in [2.45, 2.75) is 69.1 Å². The monoisotopic (exact) mass is 635 g/mol. The van der Waals surface area contributed by atoms with Gasteiger partial charge in [-0.25, -0.2) is 4.79 Å². The summed E-state index contributed by atoms with van der Waals surface area (Å²) in [6, 6.07) is 12.2. The minimum atomic E-state index is -1.19. The van der Waals surface area contributed by atoms with Crippen molar-refractivity contribution in [3.63, 3.8) is 0 Å². The summed E-state index contributed by atoms with van der Waals surface area (Å²) in [5.74, 6) is -3.23. The molecule has 1 heterocycles. The first-order valence-corrected chi connectivity index (χ1v) is 15.4. The number of para-hydroxylation sites is 1. The highest BCUT2D eigenvalue weighted by Gasteiger charge is 2.31. The standard InChI is InChI=1S/C32H45N9O5/c33-15-7-6-14-25(31(45)46)39-30(44)27(18-21-19-38-24-13-5-4-11-22(21)24)41-29(43)26(17-20-9-2-1-3-10-20)40-28(42)23(34)12-8-16-37-32(35)36/h1-5,9-11,13,19,23,25-27,38H,6-8,12,14-18,33-34H2,(H,39,44)(H,40,42)(H,41,43)(H,45,46)(H4,35,36,37)/t23-,25-,26-,27-/m0/s1. The van der Waals surface area contributed by atoms with E-state index in [0.29, 0.717) is 32.4 Å². The number of carboxylic acid groups (broad SMARTS) is 1. The molecule has 0 bridgehead atoms. The highest BCUT2D eigenvalue weighted by atomic mass is 16.4. The number of aromatic nitrogens is 1. The molecule has 13 N–H and O–H groups in total. The van der Waals surface area contributed by atoms with E-state index in [0.717, 1.165) is 22.0 Å². The maximum Gasteiger partial charge on any atom is 0.326 e. The lowest BCUT2D eigenvalue weighted by Gasteiger charge is -2.25. The second kappa shape index (κ2) is 18.1. The number of aliphatic carboxylic acids is 1. The predicted octanol–water partition coefficient (Wildman–Crippen LogP) is 0.212. The van der Waals surface area contributed by atoms with Crippen LogP contribution >= 0.6 is 0 Å². The van der Waals surface area contributed by atoms with Crippen molar-refractivity contribution >= 4 is 40.6 Å². The molecule has 248 valence electrons. The molecule has 14 nitrogen and oxygen atoms in total. The third-order valence-electron chi connectivity index (χ3n) is 7.55. The maximum atomic E-state index is 13.8. The smallest absolute Gasteiger partial charge is 0.326 e. The van der Waals surface area contributed by atoms with Crippen molar-refractivity contribution in [1.29, 1.82) is 5.41 Å². The van der Waals surface area contributed by atoms with E-state index in [-0.39, 0.29) is 31.6 Å². The van der Waals surface area contributed by atoms with E-state index in [9.17, 15) is 24.3 Å². The quantitative estimate of drug-likeness (QED) is 0.0490. The second-order valence-electron chi connectivity index (χ2n) is 11.1. The fourth-order valence-electron chi connectivity index (χ4n) is 5.04. The van der Waals surface area contributed by atoms with Gasteiger partial charge in [-0.15, -0.1) is 0 Å². The molecule has 0 aliphatic heterocycles. The number of carboxylic acids is 1. The van der Waals surface area contributed by atoms with E-state index in [1.807, 2.05) is 54.6 Å². The number of guanidine groups is 1.